The summed E-state index contributed by atoms with van der Waals surface area (Å²) in [6.07, 6.45) is 5.11. The molecular formula is C19H22N2O. The molecule has 2 bridgehead atoms. The first kappa shape index (κ1) is 12.0. The van der Waals surface area contributed by atoms with E-state index < -0.39 is 0 Å². The fraction of sp³-hybridized carbons (Fsp3) is 0.579. The summed E-state index contributed by atoms with van der Waals surface area (Å²) < 4.78 is 6.07. The molecule has 0 unspecified atom stereocenters. The number of piperidine rings is 1. The van der Waals surface area contributed by atoms with Crippen LogP contribution < -0.4 is 5.32 Å². The lowest BCUT2D eigenvalue weighted by atomic mass is 9.56. The van der Waals surface area contributed by atoms with Crippen molar-refractivity contribution in [2.75, 3.05) is 18.4 Å². The van der Waals surface area contributed by atoms with Gasteiger partial charge in [-0.05, 0) is 49.4 Å². The first-order valence-corrected chi connectivity index (χ1v) is 8.74. The van der Waals surface area contributed by atoms with E-state index in [4.69, 9.17) is 4.74 Å². The molecule has 1 aromatic rings. The molecule has 114 valence electrons. The monoisotopic (exact) mass is 294 g/mol. The van der Waals surface area contributed by atoms with Crippen LogP contribution in [0.25, 0.3) is 0 Å². The van der Waals surface area contributed by atoms with E-state index in [2.05, 4.69) is 47.7 Å². The van der Waals surface area contributed by atoms with Gasteiger partial charge in [0.2, 0.25) is 0 Å². The lowest BCUT2D eigenvalue weighted by Gasteiger charge is -2.56. The Hall–Kier alpha value is -1.48. The number of para-hydroxylation sites is 1. The van der Waals surface area contributed by atoms with Gasteiger partial charge >= 0.3 is 0 Å². The Morgan fingerprint density at radius 3 is 3.18 bits per heavy atom. The van der Waals surface area contributed by atoms with Crippen molar-refractivity contribution >= 4 is 5.69 Å². The Balaban J connectivity index is 1.61. The van der Waals surface area contributed by atoms with Crippen LogP contribution in [0.1, 0.15) is 25.3 Å². The summed E-state index contributed by atoms with van der Waals surface area (Å²) in [5, 5.41) is 3.88. The van der Waals surface area contributed by atoms with Gasteiger partial charge in [0.1, 0.15) is 0 Å². The van der Waals surface area contributed by atoms with Crippen molar-refractivity contribution in [3.63, 3.8) is 0 Å². The summed E-state index contributed by atoms with van der Waals surface area (Å²) in [5.41, 5.74) is 4.76. The molecule has 3 fully saturated rings. The molecule has 6 rings (SSSR count). The Labute approximate surface area is 131 Å². The molecule has 3 nitrogen and oxygen atoms in total. The Morgan fingerprint density at radius 2 is 2.23 bits per heavy atom. The van der Waals surface area contributed by atoms with Crippen molar-refractivity contribution in [1.82, 2.24) is 4.90 Å². The Morgan fingerprint density at radius 1 is 1.32 bits per heavy atom. The standard InChI is InChI=1S/C19H22N2O/c1-11-13-9-21-7-6-19-15-4-2-3-5-16(15)20-18(19)14(10-22-11)12(13)8-17(19)21/h2-5,10-13,17-18,20H,6-9H2,1H3/t11-,12+,13+,17+,18+,19-/m1/s1. The van der Waals surface area contributed by atoms with Gasteiger partial charge in [-0.2, -0.15) is 0 Å². The van der Waals surface area contributed by atoms with Crippen LogP contribution in [0.15, 0.2) is 36.1 Å². The number of hydrogen-bond acceptors (Lipinski definition) is 3. The van der Waals surface area contributed by atoms with E-state index in [9.17, 15) is 0 Å². The van der Waals surface area contributed by atoms with Crippen LogP contribution in [0.3, 0.4) is 0 Å². The zero-order valence-electron chi connectivity index (χ0n) is 13.0. The predicted octanol–water partition coefficient (Wildman–Crippen LogP) is 2.75. The molecule has 0 radical (unpaired) electrons. The highest BCUT2D eigenvalue weighted by atomic mass is 16.5. The highest BCUT2D eigenvalue weighted by Crippen LogP contribution is 2.62. The summed E-state index contributed by atoms with van der Waals surface area (Å²) in [4.78, 5) is 2.78. The van der Waals surface area contributed by atoms with Crippen LogP contribution in [0.5, 0.6) is 0 Å². The number of anilines is 1. The molecule has 3 heteroatoms. The minimum Gasteiger partial charge on any atom is -0.498 e. The second-order valence-electron chi connectivity index (χ2n) is 7.89. The highest BCUT2D eigenvalue weighted by molar-refractivity contribution is 5.67. The van der Waals surface area contributed by atoms with Crippen molar-refractivity contribution < 1.29 is 4.74 Å². The van der Waals surface area contributed by atoms with Crippen LogP contribution in [0, 0.1) is 11.8 Å². The molecule has 1 aromatic carbocycles. The maximum Gasteiger partial charge on any atom is 0.0996 e. The molecule has 0 aromatic heterocycles. The van der Waals surface area contributed by atoms with E-state index in [1.165, 1.54) is 31.6 Å². The van der Waals surface area contributed by atoms with Crippen molar-refractivity contribution in [3.05, 3.63) is 41.7 Å². The zero-order chi connectivity index (χ0) is 14.5. The SMILES string of the molecule is C[C@H]1OC=C2[C@H]3C[C@@H]4N(CC[C@@]45c4ccccc4N[C@@H]25)C[C@H]31. The second-order valence-corrected chi connectivity index (χ2v) is 7.89. The van der Waals surface area contributed by atoms with E-state index in [-0.39, 0.29) is 5.41 Å². The topological polar surface area (TPSA) is 24.5 Å². The molecule has 1 spiro atoms. The van der Waals surface area contributed by atoms with Crippen molar-refractivity contribution in [1.29, 1.82) is 0 Å². The van der Waals surface area contributed by atoms with Gasteiger partial charge < -0.3 is 10.1 Å². The normalized spacial score (nSPS) is 47.1. The molecular weight excluding hydrogens is 272 g/mol. The summed E-state index contributed by atoms with van der Waals surface area (Å²) in [5.74, 6) is 1.40. The van der Waals surface area contributed by atoms with Gasteiger partial charge in [0, 0.05) is 29.6 Å². The van der Waals surface area contributed by atoms with Gasteiger partial charge in [0.05, 0.1) is 18.4 Å². The van der Waals surface area contributed by atoms with Gasteiger partial charge in [-0.3, -0.25) is 4.90 Å². The molecule has 6 atom stereocenters. The van der Waals surface area contributed by atoms with Crippen LogP contribution in [-0.2, 0) is 10.2 Å². The van der Waals surface area contributed by atoms with Gasteiger partial charge in [0.25, 0.3) is 0 Å². The molecule has 4 aliphatic heterocycles. The Kier molecular flexibility index (Phi) is 2.02. The third-order valence-corrected chi connectivity index (χ3v) is 7.31. The van der Waals surface area contributed by atoms with Crippen LogP contribution in [0.4, 0.5) is 5.69 Å². The fourth-order valence-electron chi connectivity index (χ4n) is 6.37. The van der Waals surface area contributed by atoms with Crippen molar-refractivity contribution in [3.8, 4) is 0 Å². The van der Waals surface area contributed by atoms with E-state index in [0.29, 0.717) is 18.1 Å². The van der Waals surface area contributed by atoms with E-state index in [1.807, 2.05) is 0 Å². The van der Waals surface area contributed by atoms with Gasteiger partial charge in [0.15, 0.2) is 0 Å². The Bertz CT molecular complexity index is 698. The number of rotatable bonds is 0. The minimum absolute atomic E-state index is 0.286. The molecule has 0 amide bonds. The fourth-order valence-corrected chi connectivity index (χ4v) is 6.37. The average molecular weight is 294 g/mol. The highest BCUT2D eigenvalue weighted by Gasteiger charge is 2.65. The zero-order valence-corrected chi connectivity index (χ0v) is 13.0. The van der Waals surface area contributed by atoms with Gasteiger partial charge in [-0.25, -0.2) is 0 Å². The number of benzene rings is 1. The van der Waals surface area contributed by atoms with E-state index in [0.717, 1.165) is 12.0 Å². The number of ether oxygens (including phenoxy) is 1. The third kappa shape index (κ3) is 1.14. The van der Waals surface area contributed by atoms with E-state index in [1.54, 1.807) is 11.1 Å². The molecule has 1 saturated carbocycles. The minimum atomic E-state index is 0.286. The first-order valence-electron chi connectivity index (χ1n) is 8.74. The van der Waals surface area contributed by atoms with Crippen molar-refractivity contribution in [2.24, 2.45) is 11.8 Å². The number of hydrogen-bond donors (Lipinski definition) is 1. The second kappa shape index (κ2) is 3.70. The molecule has 1 N–H and O–H groups in total. The lowest BCUT2D eigenvalue weighted by molar-refractivity contribution is -0.0343. The van der Waals surface area contributed by atoms with Crippen LogP contribution in [-0.4, -0.2) is 36.2 Å². The van der Waals surface area contributed by atoms with Gasteiger partial charge in [-0.15, -0.1) is 0 Å². The van der Waals surface area contributed by atoms with Crippen LogP contribution >= 0.6 is 0 Å². The summed E-state index contributed by atoms with van der Waals surface area (Å²) in [6, 6.07) is 10.2. The van der Waals surface area contributed by atoms with Gasteiger partial charge in [-0.1, -0.05) is 18.2 Å². The predicted molar refractivity (Wildman–Crippen MR) is 85.7 cm³/mol. The summed E-state index contributed by atoms with van der Waals surface area (Å²) in [7, 11) is 0. The van der Waals surface area contributed by atoms with E-state index >= 15 is 0 Å². The quantitative estimate of drug-likeness (QED) is 0.796. The first-order chi connectivity index (χ1) is 10.8. The maximum absolute atomic E-state index is 6.07. The smallest absolute Gasteiger partial charge is 0.0996 e. The number of nitrogens with zero attached hydrogens (tertiary/aromatic N) is 1. The molecule has 4 heterocycles. The summed E-state index contributed by atoms with van der Waals surface area (Å²) in [6.45, 7) is 4.73. The van der Waals surface area contributed by atoms with Crippen LogP contribution in [0.2, 0.25) is 0 Å². The van der Waals surface area contributed by atoms with Crippen molar-refractivity contribution in [2.45, 2.75) is 43.4 Å². The third-order valence-electron chi connectivity index (χ3n) is 7.31. The molecule has 22 heavy (non-hydrogen) atoms. The number of fused-ring (bicyclic) bond motifs is 2. The average Bonchev–Trinajstić information content (AvgIpc) is 3.09. The maximum atomic E-state index is 6.07. The largest absolute Gasteiger partial charge is 0.498 e. The molecule has 5 aliphatic rings. The number of nitrogens with one attached hydrogen (secondary N) is 1. The lowest BCUT2D eigenvalue weighted by Crippen LogP contribution is -2.63. The molecule has 2 saturated heterocycles. The molecule has 1 aliphatic carbocycles. The summed E-state index contributed by atoms with van der Waals surface area (Å²) >= 11 is 0.